The van der Waals surface area contributed by atoms with E-state index >= 15 is 0 Å². The van der Waals surface area contributed by atoms with Crippen molar-refractivity contribution in [2.24, 2.45) is 5.92 Å². The van der Waals surface area contributed by atoms with Crippen LogP contribution in [0.5, 0.6) is 0 Å². The Hall–Kier alpha value is -0.120. The molecule has 0 aromatic rings. The van der Waals surface area contributed by atoms with Crippen molar-refractivity contribution >= 4 is 0 Å². The summed E-state index contributed by atoms with van der Waals surface area (Å²) in [6.07, 6.45) is 2.74. The molecule has 2 aliphatic rings. The van der Waals surface area contributed by atoms with Gasteiger partial charge in [-0.1, -0.05) is 0 Å². The van der Waals surface area contributed by atoms with E-state index in [1.54, 1.807) is 0 Å². The lowest BCUT2D eigenvalue weighted by atomic mass is 10.1. The molecule has 3 heteroatoms. The Labute approximate surface area is 73.4 Å². The van der Waals surface area contributed by atoms with Crippen LogP contribution in [0.1, 0.15) is 12.8 Å². The number of hydrogen-bond donors (Lipinski definition) is 1. The average Bonchev–Trinajstić information content (AvgIpc) is 2.74. The van der Waals surface area contributed by atoms with E-state index in [4.69, 9.17) is 9.47 Å². The first-order chi connectivity index (χ1) is 5.95. The number of hydrogen-bond acceptors (Lipinski definition) is 3. The van der Waals surface area contributed by atoms with Crippen LogP contribution in [-0.2, 0) is 9.47 Å². The number of ether oxygens (including phenoxy) is 2. The van der Waals surface area contributed by atoms with Crippen LogP contribution in [0.3, 0.4) is 0 Å². The minimum atomic E-state index is 0.380. The second-order valence-electron chi connectivity index (χ2n) is 3.68. The average molecular weight is 171 g/mol. The van der Waals surface area contributed by atoms with E-state index in [0.29, 0.717) is 6.10 Å². The van der Waals surface area contributed by atoms with Crippen LogP contribution in [0, 0.1) is 5.92 Å². The third-order valence-corrected chi connectivity index (χ3v) is 2.62. The Morgan fingerprint density at radius 1 is 1.42 bits per heavy atom. The van der Waals surface area contributed by atoms with Crippen molar-refractivity contribution in [2.75, 3.05) is 32.9 Å². The molecule has 1 N–H and O–H groups in total. The van der Waals surface area contributed by atoms with Crippen LogP contribution >= 0.6 is 0 Å². The van der Waals surface area contributed by atoms with E-state index in [0.717, 1.165) is 45.2 Å². The molecule has 2 saturated heterocycles. The summed E-state index contributed by atoms with van der Waals surface area (Å²) < 4.78 is 11.0. The smallest absolute Gasteiger partial charge is 0.0830 e. The van der Waals surface area contributed by atoms with Gasteiger partial charge in [0, 0.05) is 13.2 Å². The van der Waals surface area contributed by atoms with Crippen LogP contribution in [0.25, 0.3) is 0 Å². The molecule has 0 amide bonds. The van der Waals surface area contributed by atoms with E-state index in [2.05, 4.69) is 5.32 Å². The second-order valence-corrected chi connectivity index (χ2v) is 3.68. The van der Waals surface area contributed by atoms with E-state index in [-0.39, 0.29) is 0 Å². The molecule has 2 atom stereocenters. The van der Waals surface area contributed by atoms with Crippen molar-refractivity contribution in [3.8, 4) is 0 Å². The highest BCUT2D eigenvalue weighted by Gasteiger charge is 2.20. The van der Waals surface area contributed by atoms with Crippen LogP contribution < -0.4 is 5.32 Å². The first kappa shape index (κ1) is 8.48. The third-order valence-electron chi connectivity index (χ3n) is 2.62. The Morgan fingerprint density at radius 2 is 2.42 bits per heavy atom. The molecule has 3 nitrogen and oxygen atoms in total. The largest absolute Gasteiger partial charge is 0.379 e. The van der Waals surface area contributed by atoms with Gasteiger partial charge in [-0.3, -0.25) is 0 Å². The fraction of sp³-hybridized carbons (Fsp3) is 1.00. The summed E-state index contributed by atoms with van der Waals surface area (Å²) in [5.74, 6) is 0.741. The van der Waals surface area contributed by atoms with Crippen LogP contribution in [0.2, 0.25) is 0 Å². The fourth-order valence-electron chi connectivity index (χ4n) is 1.77. The second kappa shape index (κ2) is 4.21. The van der Waals surface area contributed by atoms with Gasteiger partial charge in [-0.25, -0.2) is 0 Å². The molecule has 2 aliphatic heterocycles. The SMILES string of the molecule is C1CC(COC2CCOC2)CN1. The van der Waals surface area contributed by atoms with Crippen LogP contribution in [0.4, 0.5) is 0 Å². The fourth-order valence-corrected chi connectivity index (χ4v) is 1.77. The molecule has 2 heterocycles. The highest BCUT2D eigenvalue weighted by atomic mass is 16.5. The molecular formula is C9H17NO2. The molecular weight excluding hydrogens is 154 g/mol. The monoisotopic (exact) mass is 171 g/mol. The summed E-state index contributed by atoms with van der Waals surface area (Å²) in [5.41, 5.74) is 0. The summed E-state index contributed by atoms with van der Waals surface area (Å²) in [6, 6.07) is 0. The van der Waals surface area contributed by atoms with E-state index in [1.165, 1.54) is 6.42 Å². The molecule has 0 aromatic carbocycles. The minimum absolute atomic E-state index is 0.380. The Morgan fingerprint density at radius 3 is 3.08 bits per heavy atom. The van der Waals surface area contributed by atoms with Gasteiger partial charge >= 0.3 is 0 Å². The minimum Gasteiger partial charge on any atom is -0.379 e. The predicted octanol–water partition coefficient (Wildman–Crippen LogP) is 0.401. The standard InChI is InChI=1S/C9H17NO2/c1-3-10-5-8(1)6-12-9-2-4-11-7-9/h8-10H,1-7H2. The van der Waals surface area contributed by atoms with Gasteiger partial charge in [-0.15, -0.1) is 0 Å². The molecule has 12 heavy (non-hydrogen) atoms. The molecule has 0 aliphatic carbocycles. The van der Waals surface area contributed by atoms with Crippen LogP contribution in [0.15, 0.2) is 0 Å². The summed E-state index contributed by atoms with van der Waals surface area (Å²) in [7, 11) is 0. The van der Waals surface area contributed by atoms with Gasteiger partial charge in [0.2, 0.25) is 0 Å². The lowest BCUT2D eigenvalue weighted by Crippen LogP contribution is -2.20. The maximum absolute atomic E-state index is 5.72. The molecule has 2 rings (SSSR count). The van der Waals surface area contributed by atoms with Crippen molar-refractivity contribution in [2.45, 2.75) is 18.9 Å². The quantitative estimate of drug-likeness (QED) is 0.667. The van der Waals surface area contributed by atoms with Gasteiger partial charge in [-0.05, 0) is 25.3 Å². The van der Waals surface area contributed by atoms with E-state index < -0.39 is 0 Å². The van der Waals surface area contributed by atoms with E-state index in [1.807, 2.05) is 0 Å². The number of rotatable bonds is 3. The zero-order valence-electron chi connectivity index (χ0n) is 7.42. The molecule has 0 bridgehead atoms. The molecule has 0 aromatic heterocycles. The topological polar surface area (TPSA) is 30.5 Å². The van der Waals surface area contributed by atoms with Crippen molar-refractivity contribution in [1.82, 2.24) is 5.32 Å². The summed E-state index contributed by atoms with van der Waals surface area (Å²) >= 11 is 0. The van der Waals surface area contributed by atoms with Gasteiger partial charge in [0.05, 0.1) is 19.3 Å². The van der Waals surface area contributed by atoms with Gasteiger partial charge in [0.15, 0.2) is 0 Å². The first-order valence-electron chi connectivity index (χ1n) is 4.85. The summed E-state index contributed by atoms with van der Waals surface area (Å²) in [4.78, 5) is 0. The van der Waals surface area contributed by atoms with Crippen molar-refractivity contribution < 1.29 is 9.47 Å². The highest BCUT2D eigenvalue weighted by molar-refractivity contribution is 4.72. The number of nitrogens with one attached hydrogen (secondary N) is 1. The zero-order chi connectivity index (χ0) is 8.23. The Bertz CT molecular complexity index is 112. The van der Waals surface area contributed by atoms with Gasteiger partial charge < -0.3 is 14.8 Å². The maximum atomic E-state index is 5.72. The van der Waals surface area contributed by atoms with Gasteiger partial charge in [0.25, 0.3) is 0 Å². The van der Waals surface area contributed by atoms with Gasteiger partial charge in [-0.2, -0.15) is 0 Å². The lowest BCUT2D eigenvalue weighted by Gasteiger charge is -2.13. The van der Waals surface area contributed by atoms with Crippen LogP contribution in [-0.4, -0.2) is 39.0 Å². The first-order valence-corrected chi connectivity index (χ1v) is 4.85. The van der Waals surface area contributed by atoms with Crippen molar-refractivity contribution in [3.63, 3.8) is 0 Å². The molecule has 0 saturated carbocycles. The molecule has 2 fully saturated rings. The molecule has 0 spiro atoms. The van der Waals surface area contributed by atoms with Gasteiger partial charge in [0.1, 0.15) is 0 Å². The predicted molar refractivity (Wildman–Crippen MR) is 46.2 cm³/mol. The van der Waals surface area contributed by atoms with Crippen molar-refractivity contribution in [1.29, 1.82) is 0 Å². The summed E-state index contributed by atoms with van der Waals surface area (Å²) in [5, 5.41) is 3.34. The molecule has 70 valence electrons. The highest BCUT2D eigenvalue weighted by Crippen LogP contribution is 2.13. The molecule has 2 unspecified atom stereocenters. The van der Waals surface area contributed by atoms with Crippen molar-refractivity contribution in [3.05, 3.63) is 0 Å². The summed E-state index contributed by atoms with van der Waals surface area (Å²) in [6.45, 7) is 4.90. The lowest BCUT2D eigenvalue weighted by molar-refractivity contribution is 0.0253. The Balaban J connectivity index is 1.60. The zero-order valence-corrected chi connectivity index (χ0v) is 7.42. The normalized spacial score (nSPS) is 36.0. The Kier molecular flexibility index (Phi) is 2.98. The maximum Gasteiger partial charge on any atom is 0.0830 e. The third kappa shape index (κ3) is 2.19. The molecule has 0 radical (unpaired) electrons. The van der Waals surface area contributed by atoms with E-state index in [9.17, 15) is 0 Å².